The molecule has 2 nitrogen and oxygen atoms in total. The lowest BCUT2D eigenvalue weighted by Gasteiger charge is -2.35. The normalized spacial score (nSPS) is 34.0. The molecule has 0 amide bonds. The first-order valence-electron chi connectivity index (χ1n) is 6.37. The van der Waals surface area contributed by atoms with Crippen molar-refractivity contribution >= 4 is 0 Å². The molecular weight excluding hydrogens is 184 g/mol. The lowest BCUT2D eigenvalue weighted by atomic mass is 9.72. The molecule has 4 atom stereocenters. The molecule has 90 valence electrons. The van der Waals surface area contributed by atoms with Crippen LogP contribution in [0.25, 0.3) is 0 Å². The molecule has 0 aliphatic heterocycles. The van der Waals surface area contributed by atoms with Gasteiger partial charge in [0, 0.05) is 12.1 Å². The molecule has 0 aromatic carbocycles. The SMILES string of the molecule is CC(N)CCC(C)C1CCC(N)C1(C)C. The fraction of sp³-hybridized carbons (Fsp3) is 1.00. The highest BCUT2D eigenvalue weighted by molar-refractivity contribution is 4.96. The molecule has 0 spiro atoms. The third-order valence-corrected chi connectivity index (χ3v) is 4.46. The van der Waals surface area contributed by atoms with Crippen molar-refractivity contribution in [1.29, 1.82) is 0 Å². The first-order valence-corrected chi connectivity index (χ1v) is 6.37. The molecule has 4 N–H and O–H groups in total. The van der Waals surface area contributed by atoms with E-state index in [0.717, 1.165) is 18.3 Å². The molecule has 0 saturated heterocycles. The van der Waals surface area contributed by atoms with Gasteiger partial charge in [-0.2, -0.15) is 0 Å². The van der Waals surface area contributed by atoms with Crippen LogP contribution < -0.4 is 11.5 Å². The van der Waals surface area contributed by atoms with E-state index in [9.17, 15) is 0 Å². The standard InChI is InChI=1S/C13H28N2/c1-9(5-6-10(2)14)11-7-8-12(15)13(11,3)4/h9-12H,5-8,14-15H2,1-4H3. The van der Waals surface area contributed by atoms with Crippen molar-refractivity contribution in [3.8, 4) is 0 Å². The van der Waals surface area contributed by atoms with Gasteiger partial charge in [0.05, 0.1) is 0 Å². The third kappa shape index (κ3) is 2.94. The highest BCUT2D eigenvalue weighted by Crippen LogP contribution is 2.46. The molecule has 4 unspecified atom stereocenters. The molecule has 15 heavy (non-hydrogen) atoms. The quantitative estimate of drug-likeness (QED) is 0.752. The van der Waals surface area contributed by atoms with E-state index in [2.05, 4.69) is 27.7 Å². The van der Waals surface area contributed by atoms with Gasteiger partial charge in [0.1, 0.15) is 0 Å². The minimum atomic E-state index is 0.317. The van der Waals surface area contributed by atoms with Crippen LogP contribution in [0.4, 0.5) is 0 Å². The molecule has 0 aromatic rings. The summed E-state index contributed by atoms with van der Waals surface area (Å²) < 4.78 is 0. The van der Waals surface area contributed by atoms with Crippen molar-refractivity contribution in [2.45, 2.75) is 65.5 Å². The fourth-order valence-electron chi connectivity index (χ4n) is 3.12. The zero-order chi connectivity index (χ0) is 11.6. The van der Waals surface area contributed by atoms with E-state index in [1.54, 1.807) is 0 Å². The van der Waals surface area contributed by atoms with E-state index in [1.807, 2.05) is 0 Å². The van der Waals surface area contributed by atoms with E-state index in [1.165, 1.54) is 19.3 Å². The average molecular weight is 212 g/mol. The lowest BCUT2D eigenvalue weighted by molar-refractivity contribution is 0.161. The molecule has 2 heteroatoms. The first-order chi connectivity index (χ1) is 6.85. The molecule has 0 radical (unpaired) electrons. The maximum absolute atomic E-state index is 6.17. The van der Waals surface area contributed by atoms with E-state index < -0.39 is 0 Å². The maximum atomic E-state index is 6.17. The van der Waals surface area contributed by atoms with Crippen LogP contribution >= 0.6 is 0 Å². The third-order valence-electron chi connectivity index (χ3n) is 4.46. The Morgan fingerprint density at radius 1 is 1.20 bits per heavy atom. The molecule has 1 saturated carbocycles. The maximum Gasteiger partial charge on any atom is 0.00931 e. The van der Waals surface area contributed by atoms with E-state index in [4.69, 9.17) is 11.5 Å². The van der Waals surface area contributed by atoms with Crippen LogP contribution in [0, 0.1) is 17.3 Å². The summed E-state index contributed by atoms with van der Waals surface area (Å²) in [6, 6.07) is 0.728. The predicted molar refractivity (Wildman–Crippen MR) is 66.5 cm³/mol. The minimum Gasteiger partial charge on any atom is -0.328 e. The van der Waals surface area contributed by atoms with Gasteiger partial charge in [0.2, 0.25) is 0 Å². The molecule has 0 heterocycles. The zero-order valence-corrected chi connectivity index (χ0v) is 10.8. The molecule has 0 bridgehead atoms. The van der Waals surface area contributed by atoms with Crippen molar-refractivity contribution in [1.82, 2.24) is 0 Å². The Kier molecular flexibility index (Phi) is 4.19. The Balaban J connectivity index is 2.49. The monoisotopic (exact) mass is 212 g/mol. The van der Waals surface area contributed by atoms with Crippen LogP contribution in [-0.2, 0) is 0 Å². The molecular formula is C13H28N2. The Morgan fingerprint density at radius 3 is 2.20 bits per heavy atom. The van der Waals surface area contributed by atoms with Crippen LogP contribution in [0.5, 0.6) is 0 Å². The first kappa shape index (κ1) is 13.0. The summed E-state index contributed by atoms with van der Waals surface area (Å²) in [4.78, 5) is 0. The Hall–Kier alpha value is -0.0800. The van der Waals surface area contributed by atoms with Crippen molar-refractivity contribution in [2.24, 2.45) is 28.7 Å². The summed E-state index contributed by atoms with van der Waals surface area (Å²) in [5.74, 6) is 1.55. The van der Waals surface area contributed by atoms with Gasteiger partial charge >= 0.3 is 0 Å². The second-order valence-corrected chi connectivity index (χ2v) is 6.14. The van der Waals surface area contributed by atoms with Crippen LogP contribution in [0.2, 0.25) is 0 Å². The Morgan fingerprint density at radius 2 is 1.80 bits per heavy atom. The Bertz CT molecular complexity index is 199. The molecule has 1 rings (SSSR count). The summed E-state index contributed by atoms with van der Waals surface area (Å²) in [6.45, 7) is 9.13. The van der Waals surface area contributed by atoms with E-state index >= 15 is 0 Å². The van der Waals surface area contributed by atoms with Crippen LogP contribution in [0.3, 0.4) is 0 Å². The van der Waals surface area contributed by atoms with Gasteiger partial charge < -0.3 is 11.5 Å². The van der Waals surface area contributed by atoms with Crippen LogP contribution in [0.1, 0.15) is 53.4 Å². The minimum absolute atomic E-state index is 0.317. The summed E-state index contributed by atoms with van der Waals surface area (Å²) in [5.41, 5.74) is 12.3. The van der Waals surface area contributed by atoms with E-state index in [-0.39, 0.29) is 0 Å². The molecule has 1 aliphatic rings. The zero-order valence-electron chi connectivity index (χ0n) is 10.8. The van der Waals surface area contributed by atoms with Crippen LogP contribution in [0.15, 0.2) is 0 Å². The second kappa shape index (κ2) is 4.84. The fourth-order valence-corrected chi connectivity index (χ4v) is 3.12. The van der Waals surface area contributed by atoms with E-state index in [0.29, 0.717) is 17.5 Å². The number of rotatable bonds is 4. The van der Waals surface area contributed by atoms with Gasteiger partial charge in [-0.05, 0) is 49.9 Å². The van der Waals surface area contributed by atoms with Crippen molar-refractivity contribution in [3.63, 3.8) is 0 Å². The average Bonchev–Trinajstić information content (AvgIpc) is 2.38. The van der Waals surface area contributed by atoms with Gasteiger partial charge in [-0.1, -0.05) is 20.8 Å². The Labute approximate surface area is 94.8 Å². The largest absolute Gasteiger partial charge is 0.328 e. The van der Waals surface area contributed by atoms with Crippen molar-refractivity contribution < 1.29 is 0 Å². The van der Waals surface area contributed by atoms with Gasteiger partial charge in [-0.3, -0.25) is 0 Å². The smallest absolute Gasteiger partial charge is 0.00931 e. The van der Waals surface area contributed by atoms with Crippen molar-refractivity contribution in [3.05, 3.63) is 0 Å². The molecule has 1 aliphatic carbocycles. The molecule has 1 fully saturated rings. The van der Waals surface area contributed by atoms with Crippen molar-refractivity contribution in [2.75, 3.05) is 0 Å². The predicted octanol–water partition coefficient (Wildman–Crippen LogP) is 2.51. The van der Waals surface area contributed by atoms with Crippen LogP contribution in [-0.4, -0.2) is 12.1 Å². The number of hydrogen-bond donors (Lipinski definition) is 2. The van der Waals surface area contributed by atoms with Gasteiger partial charge in [-0.15, -0.1) is 0 Å². The lowest BCUT2D eigenvalue weighted by Crippen LogP contribution is -2.38. The topological polar surface area (TPSA) is 52.0 Å². The van der Waals surface area contributed by atoms with Gasteiger partial charge in [0.15, 0.2) is 0 Å². The van der Waals surface area contributed by atoms with Gasteiger partial charge in [-0.25, -0.2) is 0 Å². The highest BCUT2D eigenvalue weighted by Gasteiger charge is 2.42. The summed E-state index contributed by atoms with van der Waals surface area (Å²) in [6.07, 6.45) is 4.88. The summed E-state index contributed by atoms with van der Waals surface area (Å²) >= 11 is 0. The number of hydrogen-bond acceptors (Lipinski definition) is 2. The number of nitrogens with two attached hydrogens (primary N) is 2. The van der Waals surface area contributed by atoms with Gasteiger partial charge in [0.25, 0.3) is 0 Å². The summed E-state index contributed by atoms with van der Waals surface area (Å²) in [7, 11) is 0. The highest BCUT2D eigenvalue weighted by atomic mass is 14.7. The second-order valence-electron chi connectivity index (χ2n) is 6.14. The summed E-state index contributed by atoms with van der Waals surface area (Å²) in [5, 5.41) is 0. The molecule has 0 aromatic heterocycles.